The van der Waals surface area contributed by atoms with E-state index >= 15 is 0 Å². The minimum atomic E-state index is 0.673. The molecule has 0 aliphatic carbocycles. The molecule has 0 aliphatic rings. The van der Waals surface area contributed by atoms with Crippen molar-refractivity contribution in [1.29, 1.82) is 0 Å². The van der Waals surface area contributed by atoms with Crippen LogP contribution in [-0.2, 0) is 0 Å². The highest BCUT2D eigenvalue weighted by Gasteiger charge is 2.20. The van der Waals surface area contributed by atoms with Gasteiger partial charge in [0.2, 0.25) is 0 Å². The van der Waals surface area contributed by atoms with Gasteiger partial charge in [0, 0.05) is 44.0 Å². The van der Waals surface area contributed by atoms with Crippen molar-refractivity contribution in [2.45, 2.75) is 0 Å². The molecule has 0 radical (unpaired) electrons. The Balaban J connectivity index is 1.17. The van der Waals surface area contributed by atoms with E-state index < -0.39 is 0 Å². The van der Waals surface area contributed by atoms with Crippen LogP contribution in [0.3, 0.4) is 0 Å². The van der Waals surface area contributed by atoms with E-state index in [0.717, 1.165) is 94.3 Å². The molecule has 3 heterocycles. The number of benzene rings is 7. The molecule has 3 aromatic heterocycles. The van der Waals surface area contributed by atoms with Crippen LogP contribution in [0.15, 0.2) is 176 Å². The summed E-state index contributed by atoms with van der Waals surface area (Å²) in [4.78, 5) is 15.5. The van der Waals surface area contributed by atoms with Gasteiger partial charge in [0.25, 0.3) is 0 Å². The van der Waals surface area contributed by atoms with E-state index in [4.69, 9.17) is 23.7 Å². The van der Waals surface area contributed by atoms with Crippen molar-refractivity contribution in [3.05, 3.63) is 176 Å². The molecule has 0 aliphatic heterocycles. The van der Waals surface area contributed by atoms with Crippen molar-refractivity contribution in [1.82, 2.24) is 23.7 Å². The summed E-state index contributed by atoms with van der Waals surface area (Å²) in [6.07, 6.45) is 0. The predicted octanol–water partition coefficient (Wildman–Crippen LogP) is 12.2. The number of hydrogen-bond acceptors (Lipinski definition) is 6. The number of aromatic nitrogens is 5. The zero-order valence-corrected chi connectivity index (χ0v) is 29.2. The molecule has 6 heteroatoms. The Labute approximate surface area is 310 Å². The highest BCUT2D eigenvalue weighted by molar-refractivity contribution is 7.00. The lowest BCUT2D eigenvalue weighted by molar-refractivity contribution is 1.18. The normalized spacial score (nSPS) is 11.4. The minimum absolute atomic E-state index is 0.673. The molecular weight excluding hydrogens is 667 g/mol. The van der Waals surface area contributed by atoms with Crippen molar-refractivity contribution >= 4 is 44.4 Å². The highest BCUT2D eigenvalue weighted by atomic mass is 32.1. The fourth-order valence-corrected chi connectivity index (χ4v) is 7.76. The van der Waals surface area contributed by atoms with Gasteiger partial charge >= 0.3 is 0 Å². The van der Waals surface area contributed by atoms with E-state index in [1.54, 1.807) is 0 Å². The van der Waals surface area contributed by atoms with Gasteiger partial charge in [-0.25, -0.2) is 15.0 Å². The molecular formula is C47H29N5S. The first-order chi connectivity index (χ1) is 26.3. The number of rotatable bonds is 6. The van der Waals surface area contributed by atoms with Crippen LogP contribution in [0.5, 0.6) is 0 Å². The molecule has 0 amide bonds. The first-order valence-corrected chi connectivity index (χ1v) is 18.2. The van der Waals surface area contributed by atoms with Gasteiger partial charge in [0.05, 0.1) is 34.3 Å². The summed E-state index contributed by atoms with van der Waals surface area (Å²) in [5, 5.41) is 3.19. The second-order valence-corrected chi connectivity index (χ2v) is 13.5. The highest BCUT2D eigenvalue weighted by Crippen LogP contribution is 2.41. The average molecular weight is 696 g/mol. The topological polar surface area (TPSA) is 64.5 Å². The second kappa shape index (κ2) is 13.0. The molecule has 0 fully saturated rings. The number of pyridine rings is 1. The lowest BCUT2D eigenvalue weighted by Crippen LogP contribution is -1.96. The van der Waals surface area contributed by atoms with E-state index in [0.29, 0.717) is 5.82 Å². The summed E-state index contributed by atoms with van der Waals surface area (Å²) < 4.78 is 9.78. The fraction of sp³-hybridized carbons (Fsp3) is 0. The minimum Gasteiger partial charge on any atom is -0.247 e. The number of nitrogens with zero attached hydrogens (tertiary/aromatic N) is 5. The van der Waals surface area contributed by atoms with Gasteiger partial charge in [-0.15, -0.1) is 0 Å². The first-order valence-electron chi connectivity index (χ1n) is 17.5. The molecule has 0 saturated carbocycles. The number of fused-ring (bicyclic) bond motifs is 5. The molecule has 0 atom stereocenters. The molecule has 0 spiro atoms. The summed E-state index contributed by atoms with van der Waals surface area (Å²) in [7, 11) is 0. The Hall–Kier alpha value is -6.89. The Morgan fingerprint density at radius 3 is 1.70 bits per heavy atom. The largest absolute Gasteiger partial charge is 0.247 e. The van der Waals surface area contributed by atoms with Gasteiger partial charge < -0.3 is 0 Å². The second-order valence-electron chi connectivity index (χ2n) is 13.0. The lowest BCUT2D eigenvalue weighted by atomic mass is 9.93. The maximum absolute atomic E-state index is 5.21. The van der Waals surface area contributed by atoms with Gasteiger partial charge in [0.1, 0.15) is 11.0 Å². The van der Waals surface area contributed by atoms with Crippen LogP contribution in [0, 0.1) is 0 Å². The van der Waals surface area contributed by atoms with Crippen LogP contribution in [0.25, 0.3) is 100 Å². The molecule has 7 aromatic carbocycles. The molecule has 0 bridgehead atoms. The maximum Gasteiger partial charge on any atom is 0.160 e. The molecule has 10 aromatic rings. The van der Waals surface area contributed by atoms with Gasteiger partial charge in [-0.2, -0.15) is 8.75 Å². The quantitative estimate of drug-likeness (QED) is 0.162. The van der Waals surface area contributed by atoms with Crippen molar-refractivity contribution < 1.29 is 0 Å². The van der Waals surface area contributed by atoms with Crippen LogP contribution in [-0.4, -0.2) is 23.7 Å². The van der Waals surface area contributed by atoms with Crippen molar-refractivity contribution in [3.63, 3.8) is 0 Å². The molecule has 0 saturated heterocycles. The number of para-hydroxylation sites is 1. The maximum atomic E-state index is 5.21. The Morgan fingerprint density at radius 1 is 0.358 bits per heavy atom. The summed E-state index contributed by atoms with van der Waals surface area (Å²) in [5.41, 5.74) is 13.7. The summed E-state index contributed by atoms with van der Waals surface area (Å²) in [5.74, 6) is 0.673. The standard InChI is InChI=1S/C47H29N5S/c1-4-14-30(15-5-1)33-20-12-23-36(26-33)47-49-41(31-16-6-2-7-17-31)29-42(50-47)35-22-13-21-34(27-35)38-28-39-43(46-45(38)51-53-52-46)37-24-10-11-25-40(37)48-44(39)32-18-8-3-9-19-32/h1-29H. The van der Waals surface area contributed by atoms with Gasteiger partial charge in [-0.3, -0.25) is 0 Å². The molecule has 248 valence electrons. The monoisotopic (exact) mass is 695 g/mol. The van der Waals surface area contributed by atoms with Crippen LogP contribution >= 0.6 is 11.7 Å². The van der Waals surface area contributed by atoms with E-state index in [2.05, 4.69) is 140 Å². The van der Waals surface area contributed by atoms with E-state index in [9.17, 15) is 0 Å². The smallest absolute Gasteiger partial charge is 0.160 e. The van der Waals surface area contributed by atoms with Crippen LogP contribution in [0.4, 0.5) is 0 Å². The SMILES string of the molecule is c1ccc(-c2cccc(-c3nc(-c4ccccc4)cc(-c4cccc(-c5cc6c(-c7ccccc7)nc7ccccc7c6c6nsnc56)c4)n3)c2)cc1. The summed E-state index contributed by atoms with van der Waals surface area (Å²) in [6.45, 7) is 0. The van der Waals surface area contributed by atoms with E-state index in [-0.39, 0.29) is 0 Å². The van der Waals surface area contributed by atoms with Crippen LogP contribution in [0.1, 0.15) is 0 Å². The summed E-state index contributed by atoms with van der Waals surface area (Å²) >= 11 is 1.24. The van der Waals surface area contributed by atoms with Crippen molar-refractivity contribution in [2.24, 2.45) is 0 Å². The number of hydrogen-bond donors (Lipinski definition) is 0. The Kier molecular flexibility index (Phi) is 7.59. The third kappa shape index (κ3) is 5.62. The molecule has 0 N–H and O–H groups in total. The van der Waals surface area contributed by atoms with Gasteiger partial charge in [-0.1, -0.05) is 146 Å². The molecule has 53 heavy (non-hydrogen) atoms. The average Bonchev–Trinajstić information content (AvgIpc) is 3.74. The lowest BCUT2D eigenvalue weighted by Gasteiger charge is -2.14. The van der Waals surface area contributed by atoms with Crippen molar-refractivity contribution in [2.75, 3.05) is 0 Å². The third-order valence-corrected chi connectivity index (χ3v) is 10.3. The van der Waals surface area contributed by atoms with Crippen LogP contribution in [0.2, 0.25) is 0 Å². The zero-order valence-electron chi connectivity index (χ0n) is 28.4. The third-order valence-electron chi connectivity index (χ3n) is 9.74. The Bertz CT molecular complexity index is 2940. The molecule has 5 nitrogen and oxygen atoms in total. The van der Waals surface area contributed by atoms with Crippen molar-refractivity contribution in [3.8, 4) is 67.4 Å². The fourth-order valence-electron chi connectivity index (χ4n) is 7.20. The van der Waals surface area contributed by atoms with Gasteiger partial charge in [0.15, 0.2) is 5.82 Å². The molecule has 0 unspecified atom stereocenters. The van der Waals surface area contributed by atoms with E-state index in [1.807, 2.05) is 36.4 Å². The zero-order chi connectivity index (χ0) is 35.1. The predicted molar refractivity (Wildman–Crippen MR) is 218 cm³/mol. The summed E-state index contributed by atoms with van der Waals surface area (Å²) in [6, 6.07) is 60.7. The van der Waals surface area contributed by atoms with Gasteiger partial charge in [-0.05, 0) is 47.0 Å². The van der Waals surface area contributed by atoms with E-state index in [1.165, 1.54) is 11.7 Å². The van der Waals surface area contributed by atoms with Crippen LogP contribution < -0.4 is 0 Å². The first kappa shape index (κ1) is 30.9. The Morgan fingerprint density at radius 2 is 0.925 bits per heavy atom. The molecule has 10 rings (SSSR count).